The normalized spacial score (nSPS) is 18.8. The number of nitrogens with zero attached hydrogens (tertiary/aromatic N) is 1. The second-order valence-electron chi connectivity index (χ2n) is 4.99. The van der Waals surface area contributed by atoms with Crippen LogP contribution in [-0.2, 0) is 14.3 Å². The van der Waals surface area contributed by atoms with Crippen LogP contribution in [0.4, 0.5) is 10.5 Å². The van der Waals surface area contributed by atoms with Gasteiger partial charge in [0, 0.05) is 18.8 Å². The smallest absolute Gasteiger partial charge is 0.328 e. The monoisotopic (exact) mass is 301 g/mol. The minimum Gasteiger partial charge on any atom is -0.378 e. The van der Waals surface area contributed by atoms with E-state index in [0.29, 0.717) is 18.8 Å². The Morgan fingerprint density at radius 1 is 0.955 bits per heavy atom. The number of rotatable bonds is 2. The molecule has 0 saturated carbocycles. The van der Waals surface area contributed by atoms with Crippen molar-refractivity contribution in [3.05, 3.63) is 35.4 Å². The van der Waals surface area contributed by atoms with E-state index in [0.717, 1.165) is 18.8 Å². The molecule has 0 aromatic heterocycles. The van der Waals surface area contributed by atoms with Crippen molar-refractivity contribution in [3.8, 4) is 0 Å². The van der Waals surface area contributed by atoms with Crippen LogP contribution in [0.15, 0.2) is 29.8 Å². The highest BCUT2D eigenvalue weighted by Crippen LogP contribution is 2.18. The van der Waals surface area contributed by atoms with Crippen LogP contribution >= 0.6 is 0 Å². The molecule has 2 saturated heterocycles. The topological polar surface area (TPSA) is 87.7 Å². The second kappa shape index (κ2) is 5.98. The Labute approximate surface area is 126 Å². The van der Waals surface area contributed by atoms with E-state index in [1.54, 1.807) is 0 Å². The molecule has 7 heteroatoms. The quantitative estimate of drug-likeness (QED) is 0.605. The number of nitrogens with one attached hydrogen (secondary N) is 2. The molecule has 3 rings (SSSR count). The third-order valence-corrected chi connectivity index (χ3v) is 3.52. The zero-order valence-electron chi connectivity index (χ0n) is 11.8. The maximum Gasteiger partial charge on any atom is 0.328 e. The number of carbonyl (C=O) groups is 3. The molecule has 0 aliphatic carbocycles. The van der Waals surface area contributed by atoms with Crippen LogP contribution in [0.3, 0.4) is 0 Å². The van der Waals surface area contributed by atoms with E-state index in [1.807, 2.05) is 34.9 Å². The van der Waals surface area contributed by atoms with Gasteiger partial charge >= 0.3 is 6.03 Å². The van der Waals surface area contributed by atoms with Crippen LogP contribution in [0.5, 0.6) is 0 Å². The summed E-state index contributed by atoms with van der Waals surface area (Å²) < 4.78 is 5.31. The first-order valence-corrected chi connectivity index (χ1v) is 6.94. The van der Waals surface area contributed by atoms with Gasteiger partial charge in [0.1, 0.15) is 5.57 Å². The number of carbonyl (C=O) groups excluding carboxylic acids is 3. The molecule has 2 aliphatic heterocycles. The highest BCUT2D eigenvalue weighted by atomic mass is 16.5. The lowest BCUT2D eigenvalue weighted by Gasteiger charge is -2.28. The largest absolute Gasteiger partial charge is 0.378 e. The van der Waals surface area contributed by atoms with Gasteiger partial charge < -0.3 is 9.64 Å². The molecule has 2 fully saturated rings. The summed E-state index contributed by atoms with van der Waals surface area (Å²) in [4.78, 5) is 36.5. The van der Waals surface area contributed by atoms with Gasteiger partial charge in [0.05, 0.1) is 13.2 Å². The first-order chi connectivity index (χ1) is 10.6. The van der Waals surface area contributed by atoms with Crippen LogP contribution < -0.4 is 15.5 Å². The van der Waals surface area contributed by atoms with Crippen molar-refractivity contribution in [1.29, 1.82) is 0 Å². The maximum absolute atomic E-state index is 11.7. The molecule has 0 spiro atoms. The Morgan fingerprint density at radius 2 is 1.55 bits per heavy atom. The summed E-state index contributed by atoms with van der Waals surface area (Å²) in [6.45, 7) is 3.10. The molecular weight excluding hydrogens is 286 g/mol. The molecule has 22 heavy (non-hydrogen) atoms. The lowest BCUT2D eigenvalue weighted by Crippen LogP contribution is -2.51. The molecule has 2 N–H and O–H groups in total. The maximum atomic E-state index is 11.7. The third-order valence-electron chi connectivity index (χ3n) is 3.52. The molecule has 2 aliphatic rings. The summed E-state index contributed by atoms with van der Waals surface area (Å²) in [6, 6.07) is 6.72. The molecule has 4 amide bonds. The van der Waals surface area contributed by atoms with Crippen LogP contribution in [0.2, 0.25) is 0 Å². The number of anilines is 1. The van der Waals surface area contributed by atoms with Crippen molar-refractivity contribution in [1.82, 2.24) is 10.6 Å². The minimum atomic E-state index is -0.796. The van der Waals surface area contributed by atoms with Gasteiger partial charge in [-0.25, -0.2) is 4.79 Å². The number of hydrogen-bond donors (Lipinski definition) is 2. The standard InChI is InChI=1S/C15H15N3O4/c19-13-12(14(20)17-15(21)16-13)9-10-1-3-11(4-2-10)18-5-7-22-8-6-18/h1-4,9H,5-8H2,(H2,16,17,19,20,21). The highest BCUT2D eigenvalue weighted by molar-refractivity contribution is 6.31. The number of morpholine rings is 1. The van der Waals surface area contributed by atoms with Gasteiger partial charge in [-0.15, -0.1) is 0 Å². The SMILES string of the molecule is O=C1NC(=O)C(=Cc2ccc(N3CCOCC3)cc2)C(=O)N1. The molecule has 1 aromatic carbocycles. The Bertz CT molecular complexity index is 623. The molecule has 7 nitrogen and oxygen atoms in total. The lowest BCUT2D eigenvalue weighted by molar-refractivity contribution is -0.123. The Hall–Kier alpha value is -2.67. The fourth-order valence-electron chi connectivity index (χ4n) is 2.38. The van der Waals surface area contributed by atoms with Gasteiger partial charge in [0.2, 0.25) is 0 Å². The predicted octanol–water partition coefficient (Wildman–Crippen LogP) is 0.273. The molecule has 2 heterocycles. The van der Waals surface area contributed by atoms with Crippen LogP contribution in [0.1, 0.15) is 5.56 Å². The summed E-state index contributed by atoms with van der Waals surface area (Å²) in [5.74, 6) is -1.38. The van der Waals surface area contributed by atoms with E-state index in [2.05, 4.69) is 4.90 Å². The van der Waals surface area contributed by atoms with E-state index in [1.165, 1.54) is 6.08 Å². The van der Waals surface area contributed by atoms with Crippen molar-refractivity contribution in [2.24, 2.45) is 0 Å². The van der Waals surface area contributed by atoms with Gasteiger partial charge in [-0.05, 0) is 23.8 Å². The molecule has 0 bridgehead atoms. The summed E-state index contributed by atoms with van der Waals surface area (Å²) in [7, 11) is 0. The van der Waals surface area contributed by atoms with Crippen molar-refractivity contribution in [2.75, 3.05) is 31.2 Å². The van der Waals surface area contributed by atoms with Gasteiger partial charge in [0.25, 0.3) is 11.8 Å². The van der Waals surface area contributed by atoms with Crippen LogP contribution in [0, 0.1) is 0 Å². The van der Waals surface area contributed by atoms with E-state index < -0.39 is 17.8 Å². The number of hydrogen-bond acceptors (Lipinski definition) is 5. The zero-order chi connectivity index (χ0) is 15.5. The number of amides is 4. The summed E-state index contributed by atoms with van der Waals surface area (Å²) in [6.07, 6.45) is 1.46. The molecule has 1 aromatic rings. The van der Waals surface area contributed by atoms with E-state index in [9.17, 15) is 14.4 Å². The molecule has 0 radical (unpaired) electrons. The van der Waals surface area contributed by atoms with E-state index in [4.69, 9.17) is 4.74 Å². The van der Waals surface area contributed by atoms with Crippen molar-refractivity contribution in [3.63, 3.8) is 0 Å². The molecule has 0 atom stereocenters. The first-order valence-electron chi connectivity index (χ1n) is 6.94. The number of ether oxygens (including phenoxy) is 1. The van der Waals surface area contributed by atoms with Crippen molar-refractivity contribution in [2.45, 2.75) is 0 Å². The number of urea groups is 1. The van der Waals surface area contributed by atoms with Gasteiger partial charge in [-0.3, -0.25) is 20.2 Å². The number of imide groups is 2. The van der Waals surface area contributed by atoms with Crippen molar-refractivity contribution >= 4 is 29.6 Å². The van der Waals surface area contributed by atoms with Gasteiger partial charge in [-0.1, -0.05) is 12.1 Å². The minimum absolute atomic E-state index is 0.0845. The van der Waals surface area contributed by atoms with Gasteiger partial charge in [-0.2, -0.15) is 0 Å². The lowest BCUT2D eigenvalue weighted by atomic mass is 10.1. The average Bonchev–Trinajstić information content (AvgIpc) is 2.52. The summed E-state index contributed by atoms with van der Waals surface area (Å²) in [5, 5.41) is 4.09. The molecule has 0 unspecified atom stereocenters. The second-order valence-corrected chi connectivity index (χ2v) is 4.99. The van der Waals surface area contributed by atoms with Crippen LogP contribution in [-0.4, -0.2) is 44.1 Å². The summed E-state index contributed by atoms with van der Waals surface area (Å²) in [5.41, 5.74) is 1.70. The van der Waals surface area contributed by atoms with E-state index >= 15 is 0 Å². The third kappa shape index (κ3) is 2.99. The Balaban J connectivity index is 1.78. The highest BCUT2D eigenvalue weighted by Gasteiger charge is 2.27. The fraction of sp³-hybridized carbons (Fsp3) is 0.267. The van der Waals surface area contributed by atoms with Crippen LogP contribution in [0.25, 0.3) is 6.08 Å². The average molecular weight is 301 g/mol. The first kappa shape index (κ1) is 14.3. The number of benzene rings is 1. The number of barbiturate groups is 1. The summed E-state index contributed by atoms with van der Waals surface area (Å²) >= 11 is 0. The Morgan fingerprint density at radius 3 is 2.14 bits per heavy atom. The van der Waals surface area contributed by atoms with Crippen molar-refractivity contribution < 1.29 is 19.1 Å². The Kier molecular flexibility index (Phi) is 3.88. The predicted molar refractivity (Wildman–Crippen MR) is 79.1 cm³/mol. The zero-order valence-corrected chi connectivity index (χ0v) is 11.8. The molecule has 114 valence electrons. The van der Waals surface area contributed by atoms with E-state index in [-0.39, 0.29) is 5.57 Å². The molecular formula is C15H15N3O4. The fourth-order valence-corrected chi connectivity index (χ4v) is 2.38. The van der Waals surface area contributed by atoms with Gasteiger partial charge in [0.15, 0.2) is 0 Å².